The molecule has 1 aromatic heterocycles. The molecule has 0 aliphatic carbocycles. The van der Waals surface area contributed by atoms with Gasteiger partial charge >= 0.3 is 0 Å². The van der Waals surface area contributed by atoms with Gasteiger partial charge in [-0.2, -0.15) is 0 Å². The molecule has 0 spiro atoms. The van der Waals surface area contributed by atoms with Gasteiger partial charge in [0.05, 0.1) is 18.4 Å². The lowest BCUT2D eigenvalue weighted by atomic mass is 9.91. The van der Waals surface area contributed by atoms with Crippen molar-refractivity contribution in [2.24, 2.45) is 11.7 Å². The maximum Gasteiger partial charge on any atom is 0.269 e. The normalized spacial score (nSPS) is 13.9. The van der Waals surface area contributed by atoms with Crippen LogP contribution in [0.2, 0.25) is 0 Å². The number of aliphatic hydroxyl groups excluding tert-OH is 4. The van der Waals surface area contributed by atoms with E-state index in [2.05, 4.69) is 46.6 Å². The first-order valence-corrected chi connectivity index (χ1v) is 17.7. The van der Waals surface area contributed by atoms with E-state index < -0.39 is 30.8 Å². The van der Waals surface area contributed by atoms with Gasteiger partial charge in [-0.3, -0.25) is 19.5 Å². The van der Waals surface area contributed by atoms with Gasteiger partial charge < -0.3 is 36.8 Å². The number of carbonyl (C=O) groups is 2. The third-order valence-corrected chi connectivity index (χ3v) is 8.96. The predicted octanol–water partition coefficient (Wildman–Crippen LogP) is 1.80. The first kappa shape index (κ1) is 40.6. The summed E-state index contributed by atoms with van der Waals surface area (Å²) < 4.78 is 0. The highest BCUT2D eigenvalue weighted by Crippen LogP contribution is 2.18. The fourth-order valence-electron chi connectivity index (χ4n) is 5.95. The average molecular weight is 693 g/mol. The predicted molar refractivity (Wildman–Crippen MR) is 194 cm³/mol. The molecule has 8 N–H and O–H groups in total. The van der Waals surface area contributed by atoms with Crippen molar-refractivity contribution in [1.82, 2.24) is 25.5 Å². The lowest BCUT2D eigenvalue weighted by Gasteiger charge is -2.29. The zero-order chi connectivity index (χ0) is 36.3. The number of benzene rings is 2. The molecule has 12 nitrogen and oxygen atoms in total. The van der Waals surface area contributed by atoms with Crippen molar-refractivity contribution in [3.63, 3.8) is 0 Å². The van der Waals surface area contributed by atoms with Crippen molar-refractivity contribution in [1.29, 1.82) is 0 Å². The monoisotopic (exact) mass is 692 g/mol. The Balaban J connectivity index is 1.50. The second-order valence-electron chi connectivity index (χ2n) is 13.0. The standard InChI is InChI=1S/C38H56N6O6/c1-3-4-5-8-20-44(25-33(46)36(48)34(47)26-45)21-19-43-38(50)30-13-11-28(12-14-30)15-16-40-24-29(22-31-10-7-6-9-27(31)2)23-32-35(37(39)49)42-18-17-41-32/h6-7,9-14,17-18,29,33-34,36,40,45-48H,3-5,8,15-16,19-26H2,1-2H3,(H2,39,49)(H,43,50)/t29-,33+,34-,36-/m1/s1. The third kappa shape index (κ3) is 13.9. The Labute approximate surface area is 296 Å². The summed E-state index contributed by atoms with van der Waals surface area (Å²) >= 11 is 0. The number of rotatable bonds is 24. The maximum atomic E-state index is 12.9. The number of amides is 2. The molecule has 0 unspecified atom stereocenters. The molecule has 0 aliphatic rings. The summed E-state index contributed by atoms with van der Waals surface area (Å²) in [7, 11) is 0. The molecule has 0 aliphatic heterocycles. The van der Waals surface area contributed by atoms with Gasteiger partial charge in [0.1, 0.15) is 17.9 Å². The molecule has 0 bridgehead atoms. The number of hydrogen-bond acceptors (Lipinski definition) is 10. The van der Waals surface area contributed by atoms with E-state index in [1.54, 1.807) is 6.20 Å². The average Bonchev–Trinajstić information content (AvgIpc) is 3.12. The largest absolute Gasteiger partial charge is 0.394 e. The molecule has 0 saturated heterocycles. The van der Waals surface area contributed by atoms with Gasteiger partial charge in [-0.15, -0.1) is 0 Å². The van der Waals surface area contributed by atoms with E-state index in [-0.39, 0.29) is 24.1 Å². The number of aliphatic hydroxyl groups is 4. The van der Waals surface area contributed by atoms with Crippen LogP contribution in [-0.2, 0) is 19.3 Å². The zero-order valence-electron chi connectivity index (χ0n) is 29.5. The van der Waals surface area contributed by atoms with Crippen LogP contribution >= 0.6 is 0 Å². The lowest BCUT2D eigenvalue weighted by Crippen LogP contribution is -2.47. The smallest absolute Gasteiger partial charge is 0.269 e. The van der Waals surface area contributed by atoms with E-state index in [0.717, 1.165) is 50.6 Å². The highest BCUT2D eigenvalue weighted by molar-refractivity contribution is 5.94. The molecule has 2 aromatic carbocycles. The SMILES string of the molecule is CCCCCCN(CCNC(=O)c1ccc(CCNC[C@H](Cc2ccccc2C)Cc2nccnc2C(N)=O)cc1)C[C@H](O)[C@@H](O)[C@H](O)CO. The first-order chi connectivity index (χ1) is 24.1. The van der Waals surface area contributed by atoms with Crippen LogP contribution in [0.3, 0.4) is 0 Å². The maximum absolute atomic E-state index is 12.9. The fraction of sp³-hybridized carbons (Fsp3) is 0.526. The van der Waals surface area contributed by atoms with Gasteiger partial charge in [0, 0.05) is 37.6 Å². The topological polar surface area (TPSA) is 194 Å². The second kappa shape index (κ2) is 22.1. The zero-order valence-corrected chi connectivity index (χ0v) is 29.5. The summed E-state index contributed by atoms with van der Waals surface area (Å²) in [5, 5.41) is 45.8. The number of carbonyl (C=O) groups excluding carboxylic acids is 2. The van der Waals surface area contributed by atoms with Crippen LogP contribution in [-0.4, -0.2) is 111 Å². The van der Waals surface area contributed by atoms with Crippen LogP contribution in [0.25, 0.3) is 0 Å². The van der Waals surface area contributed by atoms with E-state index >= 15 is 0 Å². The Morgan fingerprint density at radius 1 is 0.900 bits per heavy atom. The van der Waals surface area contributed by atoms with Gasteiger partial charge in [0.2, 0.25) is 0 Å². The quantitative estimate of drug-likeness (QED) is 0.0681. The van der Waals surface area contributed by atoms with Crippen LogP contribution in [0.4, 0.5) is 0 Å². The van der Waals surface area contributed by atoms with Crippen molar-refractivity contribution in [3.8, 4) is 0 Å². The number of primary amides is 1. The minimum absolute atomic E-state index is 0.115. The molecule has 3 aromatic rings. The van der Waals surface area contributed by atoms with Crippen LogP contribution in [0.15, 0.2) is 60.9 Å². The molecule has 0 saturated carbocycles. The van der Waals surface area contributed by atoms with Crippen molar-refractivity contribution in [3.05, 3.63) is 94.6 Å². The minimum atomic E-state index is -1.46. The van der Waals surface area contributed by atoms with Gasteiger partial charge in [-0.05, 0) is 87.0 Å². The summed E-state index contributed by atoms with van der Waals surface area (Å²) in [5.41, 5.74) is 10.5. The van der Waals surface area contributed by atoms with E-state index in [9.17, 15) is 24.9 Å². The molecule has 2 amide bonds. The number of hydrogen-bond donors (Lipinski definition) is 7. The molecule has 12 heteroatoms. The van der Waals surface area contributed by atoms with E-state index in [1.807, 2.05) is 41.3 Å². The summed E-state index contributed by atoms with van der Waals surface area (Å²) in [6.45, 7) is 6.63. The summed E-state index contributed by atoms with van der Waals surface area (Å²) in [6.07, 6.45) is 5.24. The van der Waals surface area contributed by atoms with Crippen LogP contribution in [0, 0.1) is 12.8 Å². The number of aromatic nitrogens is 2. The van der Waals surface area contributed by atoms with Crippen LogP contribution < -0.4 is 16.4 Å². The van der Waals surface area contributed by atoms with Gasteiger partial charge in [-0.1, -0.05) is 62.6 Å². The number of nitrogens with one attached hydrogen (secondary N) is 2. The van der Waals surface area contributed by atoms with Crippen molar-refractivity contribution < 1.29 is 30.0 Å². The Bertz CT molecular complexity index is 1440. The Morgan fingerprint density at radius 2 is 1.64 bits per heavy atom. The van der Waals surface area contributed by atoms with Crippen molar-refractivity contribution >= 4 is 11.8 Å². The van der Waals surface area contributed by atoms with Crippen molar-refractivity contribution in [2.45, 2.75) is 77.1 Å². The summed E-state index contributed by atoms with van der Waals surface area (Å²) in [6, 6.07) is 15.8. The molecule has 0 radical (unpaired) electrons. The van der Waals surface area contributed by atoms with Gasteiger partial charge in [0.15, 0.2) is 0 Å². The van der Waals surface area contributed by atoms with E-state index in [1.165, 1.54) is 17.3 Å². The summed E-state index contributed by atoms with van der Waals surface area (Å²) in [4.78, 5) is 35.4. The molecule has 274 valence electrons. The molecular weight excluding hydrogens is 636 g/mol. The molecule has 0 fully saturated rings. The number of unbranched alkanes of at least 4 members (excludes halogenated alkanes) is 3. The molecule has 50 heavy (non-hydrogen) atoms. The highest BCUT2D eigenvalue weighted by atomic mass is 16.4. The highest BCUT2D eigenvalue weighted by Gasteiger charge is 2.26. The van der Waals surface area contributed by atoms with Crippen LogP contribution in [0.1, 0.15) is 75.8 Å². The molecule has 4 atom stereocenters. The second-order valence-corrected chi connectivity index (χ2v) is 13.0. The summed E-state index contributed by atoms with van der Waals surface area (Å²) in [5.74, 6) is -0.625. The Kier molecular flexibility index (Phi) is 18.0. The minimum Gasteiger partial charge on any atom is -0.394 e. The molecule has 3 rings (SSSR count). The lowest BCUT2D eigenvalue weighted by molar-refractivity contribution is -0.0840. The first-order valence-electron chi connectivity index (χ1n) is 17.7. The number of aryl methyl sites for hydroxylation is 1. The van der Waals surface area contributed by atoms with Gasteiger partial charge in [0.25, 0.3) is 11.8 Å². The fourth-order valence-corrected chi connectivity index (χ4v) is 5.95. The van der Waals surface area contributed by atoms with E-state index in [0.29, 0.717) is 43.9 Å². The van der Waals surface area contributed by atoms with Crippen LogP contribution in [0.5, 0.6) is 0 Å². The van der Waals surface area contributed by atoms with Gasteiger partial charge in [-0.25, -0.2) is 4.98 Å². The molecule has 1 heterocycles. The number of nitrogens with two attached hydrogens (primary N) is 1. The Hall–Kier alpha value is -3.78. The Morgan fingerprint density at radius 3 is 2.34 bits per heavy atom. The van der Waals surface area contributed by atoms with E-state index in [4.69, 9.17) is 10.8 Å². The third-order valence-electron chi connectivity index (χ3n) is 8.96. The molecular formula is C38H56N6O6. The number of nitrogens with zero attached hydrogens (tertiary/aromatic N) is 3. The van der Waals surface area contributed by atoms with Crippen molar-refractivity contribution in [2.75, 3.05) is 45.9 Å².